The molecule has 0 radical (unpaired) electrons. The molecule has 0 aromatic heterocycles. The topological polar surface area (TPSA) is 78.9 Å². The van der Waals surface area contributed by atoms with E-state index in [1.165, 1.54) is 135 Å². The van der Waals surface area contributed by atoms with E-state index in [-0.39, 0.29) is 37.5 Å². The molecular formula is C61H102O6. The van der Waals surface area contributed by atoms with Crippen LogP contribution in [0.5, 0.6) is 0 Å². The number of hydrogen-bond donors (Lipinski definition) is 0. The zero-order valence-electron chi connectivity index (χ0n) is 43.6. The van der Waals surface area contributed by atoms with Crippen LogP contribution in [0.1, 0.15) is 252 Å². The van der Waals surface area contributed by atoms with E-state index in [4.69, 9.17) is 14.2 Å². The highest BCUT2D eigenvalue weighted by molar-refractivity contribution is 5.71. The van der Waals surface area contributed by atoms with Gasteiger partial charge in [-0.3, -0.25) is 14.4 Å². The van der Waals surface area contributed by atoms with Gasteiger partial charge in [-0.1, -0.05) is 266 Å². The third-order valence-corrected chi connectivity index (χ3v) is 11.7. The number of carbonyl (C=O) groups is 3. The smallest absolute Gasteiger partial charge is 0.306 e. The van der Waals surface area contributed by atoms with Crippen LogP contribution in [0, 0.1) is 0 Å². The molecule has 0 bridgehead atoms. The molecule has 382 valence electrons. The van der Waals surface area contributed by atoms with Crippen molar-refractivity contribution in [2.45, 2.75) is 258 Å². The molecule has 0 fully saturated rings. The Morgan fingerprint density at radius 1 is 0.328 bits per heavy atom. The predicted octanol–water partition coefficient (Wildman–Crippen LogP) is 18.5. The Balaban J connectivity index is 4.43. The third kappa shape index (κ3) is 53.2. The molecule has 0 saturated heterocycles. The van der Waals surface area contributed by atoms with E-state index in [0.717, 1.165) is 70.6 Å². The fraction of sp³-hybridized carbons (Fsp3) is 0.689. The summed E-state index contributed by atoms with van der Waals surface area (Å²) in [6.45, 7) is 6.33. The normalized spacial score (nSPS) is 12.8. The highest BCUT2D eigenvalue weighted by atomic mass is 16.6. The first kappa shape index (κ1) is 63.3. The van der Waals surface area contributed by atoms with Gasteiger partial charge in [-0.15, -0.1) is 0 Å². The first-order chi connectivity index (χ1) is 33.0. The summed E-state index contributed by atoms with van der Waals surface area (Å²) in [6, 6.07) is 0. The maximum Gasteiger partial charge on any atom is 0.306 e. The molecule has 0 heterocycles. The Morgan fingerprint density at radius 3 is 1.13 bits per heavy atom. The first-order valence-corrected chi connectivity index (χ1v) is 27.8. The molecule has 0 saturated carbocycles. The van der Waals surface area contributed by atoms with E-state index < -0.39 is 6.10 Å². The van der Waals surface area contributed by atoms with Gasteiger partial charge in [0.15, 0.2) is 6.10 Å². The molecule has 0 amide bonds. The first-order valence-electron chi connectivity index (χ1n) is 27.8. The lowest BCUT2D eigenvalue weighted by Gasteiger charge is -2.18. The number of rotatable bonds is 49. The van der Waals surface area contributed by atoms with Crippen LogP contribution in [0.25, 0.3) is 0 Å². The van der Waals surface area contributed by atoms with E-state index >= 15 is 0 Å². The second-order valence-electron chi connectivity index (χ2n) is 18.2. The van der Waals surface area contributed by atoms with Gasteiger partial charge < -0.3 is 14.2 Å². The van der Waals surface area contributed by atoms with Gasteiger partial charge in [0.1, 0.15) is 13.2 Å². The molecule has 0 spiro atoms. The van der Waals surface area contributed by atoms with Crippen molar-refractivity contribution in [1.29, 1.82) is 0 Å². The van der Waals surface area contributed by atoms with Gasteiger partial charge in [0.25, 0.3) is 0 Å². The number of allylic oxidation sites excluding steroid dienone is 16. The molecular weight excluding hydrogens is 829 g/mol. The minimum absolute atomic E-state index is 0.102. The van der Waals surface area contributed by atoms with E-state index in [0.29, 0.717) is 19.3 Å². The van der Waals surface area contributed by atoms with Gasteiger partial charge in [-0.25, -0.2) is 0 Å². The van der Waals surface area contributed by atoms with Crippen molar-refractivity contribution in [1.82, 2.24) is 0 Å². The zero-order chi connectivity index (χ0) is 48.6. The summed E-state index contributed by atoms with van der Waals surface area (Å²) in [7, 11) is 0. The van der Waals surface area contributed by atoms with Crippen molar-refractivity contribution < 1.29 is 28.6 Å². The maximum atomic E-state index is 12.8. The average molecular weight is 931 g/mol. The van der Waals surface area contributed by atoms with Crippen LogP contribution < -0.4 is 0 Å². The van der Waals surface area contributed by atoms with Gasteiger partial charge in [-0.2, -0.15) is 0 Å². The van der Waals surface area contributed by atoms with Gasteiger partial charge in [0.2, 0.25) is 0 Å². The van der Waals surface area contributed by atoms with E-state index in [9.17, 15) is 14.4 Å². The summed E-state index contributed by atoms with van der Waals surface area (Å²) < 4.78 is 16.8. The Hall–Kier alpha value is -3.67. The predicted molar refractivity (Wildman–Crippen MR) is 288 cm³/mol. The molecule has 0 aliphatic rings. The minimum atomic E-state index is -0.807. The Morgan fingerprint density at radius 2 is 0.672 bits per heavy atom. The van der Waals surface area contributed by atoms with Crippen LogP contribution >= 0.6 is 0 Å². The van der Waals surface area contributed by atoms with Gasteiger partial charge >= 0.3 is 17.9 Å². The second kappa shape index (κ2) is 54.9. The standard InChI is InChI=1S/C61H102O6/c1-4-7-10-13-16-19-22-25-27-29-30-32-33-36-39-42-45-48-51-54-60(63)66-57-58(56-65-59(62)53-50-47-44-41-38-35-24-21-18-15-12-9-6-3)67-61(64)55-52-49-46-43-40-37-34-31-28-26-23-20-17-14-11-8-5-2/h7,9-10,12,15-16,18-19,21,24-25,27,35,38,41,44,58H,4-6,8,11,13-14,17,20,22-23,26,28-34,36-37,39-40,42-43,45-57H2,1-3H3/b10-7+,12-9+,18-15+,19-16+,24-21+,27-25+,38-35+,44-41+. The molecule has 67 heavy (non-hydrogen) atoms. The molecule has 6 nitrogen and oxygen atoms in total. The molecule has 6 heteroatoms. The van der Waals surface area contributed by atoms with E-state index in [1.54, 1.807) is 0 Å². The van der Waals surface area contributed by atoms with Gasteiger partial charge in [-0.05, 0) is 64.2 Å². The second-order valence-corrected chi connectivity index (χ2v) is 18.2. The largest absolute Gasteiger partial charge is 0.462 e. The average Bonchev–Trinajstić information content (AvgIpc) is 3.33. The van der Waals surface area contributed by atoms with Gasteiger partial charge in [0.05, 0.1) is 0 Å². The number of esters is 3. The van der Waals surface area contributed by atoms with Gasteiger partial charge in [0, 0.05) is 19.3 Å². The van der Waals surface area contributed by atoms with Crippen molar-refractivity contribution in [2.75, 3.05) is 13.2 Å². The third-order valence-electron chi connectivity index (χ3n) is 11.7. The monoisotopic (exact) mass is 931 g/mol. The fourth-order valence-electron chi connectivity index (χ4n) is 7.61. The van der Waals surface area contributed by atoms with Crippen LogP contribution in [0.2, 0.25) is 0 Å². The van der Waals surface area contributed by atoms with Crippen LogP contribution in [0.4, 0.5) is 0 Å². The fourth-order valence-corrected chi connectivity index (χ4v) is 7.61. The summed E-state index contributed by atoms with van der Waals surface area (Å²) in [5.41, 5.74) is 0. The number of ether oxygens (including phenoxy) is 3. The molecule has 0 aliphatic heterocycles. The van der Waals surface area contributed by atoms with Crippen molar-refractivity contribution in [2.24, 2.45) is 0 Å². The van der Waals surface area contributed by atoms with E-state index in [2.05, 4.69) is 63.3 Å². The van der Waals surface area contributed by atoms with Crippen molar-refractivity contribution >= 4 is 17.9 Å². The Kier molecular flexibility index (Phi) is 51.9. The van der Waals surface area contributed by atoms with Crippen LogP contribution in [0.15, 0.2) is 97.2 Å². The van der Waals surface area contributed by atoms with Crippen molar-refractivity contribution in [3.05, 3.63) is 97.2 Å². The Bertz CT molecular complexity index is 1350. The summed E-state index contributed by atoms with van der Waals surface area (Å²) in [6.07, 6.45) is 72.6. The molecule has 1 unspecified atom stereocenters. The molecule has 0 N–H and O–H groups in total. The summed E-state index contributed by atoms with van der Waals surface area (Å²) >= 11 is 0. The lowest BCUT2D eigenvalue weighted by molar-refractivity contribution is -0.167. The molecule has 0 aromatic rings. The van der Waals surface area contributed by atoms with Crippen LogP contribution in [-0.2, 0) is 28.6 Å². The highest BCUT2D eigenvalue weighted by Gasteiger charge is 2.19. The summed E-state index contributed by atoms with van der Waals surface area (Å²) in [4.78, 5) is 38.1. The Labute approximate surface area is 413 Å². The quantitative estimate of drug-likeness (QED) is 0.0199. The molecule has 0 rings (SSSR count). The molecule has 1 atom stereocenters. The van der Waals surface area contributed by atoms with E-state index in [1.807, 2.05) is 54.7 Å². The van der Waals surface area contributed by atoms with Crippen LogP contribution in [-0.4, -0.2) is 37.2 Å². The highest BCUT2D eigenvalue weighted by Crippen LogP contribution is 2.16. The number of unbranched alkanes of at least 4 members (excludes halogenated alkanes) is 26. The summed E-state index contributed by atoms with van der Waals surface area (Å²) in [5.74, 6) is -0.979. The molecule has 0 aliphatic carbocycles. The number of carbonyl (C=O) groups excluding carboxylic acids is 3. The number of hydrogen-bond acceptors (Lipinski definition) is 6. The minimum Gasteiger partial charge on any atom is -0.462 e. The van der Waals surface area contributed by atoms with Crippen LogP contribution in [0.3, 0.4) is 0 Å². The lowest BCUT2D eigenvalue weighted by atomic mass is 10.0. The lowest BCUT2D eigenvalue weighted by Crippen LogP contribution is -2.30. The maximum absolute atomic E-state index is 12.8. The SMILES string of the molecule is CC/C=C/C=C/C=C/C=C/C=C/CCCC(=O)OCC(COC(=O)CCCCCCCCCCC/C=C/C/C=C/C/C=C/CC)OC(=O)CCCCCCCCCCCCCCCCCCC. The van der Waals surface area contributed by atoms with Crippen molar-refractivity contribution in [3.8, 4) is 0 Å². The summed E-state index contributed by atoms with van der Waals surface area (Å²) in [5, 5.41) is 0. The van der Waals surface area contributed by atoms with Crippen molar-refractivity contribution in [3.63, 3.8) is 0 Å². The zero-order valence-corrected chi connectivity index (χ0v) is 43.6. The molecule has 0 aromatic carbocycles.